The average molecular weight is 305 g/mol. The SMILES string of the molecule is COc1ccc(OC)c(C[NH2+]CCNC(=O)c2ccco2)c1. The lowest BCUT2D eigenvalue weighted by atomic mass is 10.2. The molecule has 22 heavy (non-hydrogen) atoms. The number of rotatable bonds is 8. The van der Waals surface area contributed by atoms with Crippen LogP contribution in [0.2, 0.25) is 0 Å². The molecule has 0 spiro atoms. The summed E-state index contributed by atoms with van der Waals surface area (Å²) in [4.78, 5) is 11.7. The van der Waals surface area contributed by atoms with Crippen molar-refractivity contribution < 1.29 is 24.0 Å². The van der Waals surface area contributed by atoms with E-state index < -0.39 is 0 Å². The fraction of sp³-hybridized carbons (Fsp3) is 0.312. The highest BCUT2D eigenvalue weighted by Gasteiger charge is 2.09. The molecule has 0 aliphatic rings. The second-order valence-electron chi connectivity index (χ2n) is 4.69. The Labute approximate surface area is 129 Å². The molecular weight excluding hydrogens is 284 g/mol. The molecule has 1 aromatic heterocycles. The van der Waals surface area contributed by atoms with Gasteiger partial charge in [0.05, 0.1) is 39.1 Å². The summed E-state index contributed by atoms with van der Waals surface area (Å²) in [7, 11) is 3.29. The van der Waals surface area contributed by atoms with E-state index in [2.05, 4.69) is 10.6 Å². The Morgan fingerprint density at radius 3 is 2.82 bits per heavy atom. The van der Waals surface area contributed by atoms with Crippen molar-refractivity contribution in [2.75, 3.05) is 27.3 Å². The fourth-order valence-electron chi connectivity index (χ4n) is 2.08. The summed E-state index contributed by atoms with van der Waals surface area (Å²) in [6.45, 7) is 2.07. The smallest absolute Gasteiger partial charge is 0.287 e. The van der Waals surface area contributed by atoms with Crippen LogP contribution >= 0.6 is 0 Å². The molecule has 2 aromatic rings. The minimum absolute atomic E-state index is 0.197. The number of furan rings is 1. The fourth-order valence-corrected chi connectivity index (χ4v) is 2.08. The molecule has 0 aliphatic heterocycles. The highest BCUT2D eigenvalue weighted by Crippen LogP contribution is 2.22. The Bertz CT molecular complexity index is 596. The molecule has 6 heteroatoms. The van der Waals surface area contributed by atoms with Crippen molar-refractivity contribution >= 4 is 5.91 Å². The molecule has 2 rings (SSSR count). The van der Waals surface area contributed by atoms with Gasteiger partial charge in [0.15, 0.2) is 5.76 Å². The van der Waals surface area contributed by atoms with Crippen molar-refractivity contribution in [2.45, 2.75) is 6.54 Å². The van der Waals surface area contributed by atoms with Gasteiger partial charge in [-0.25, -0.2) is 0 Å². The first-order valence-corrected chi connectivity index (χ1v) is 7.09. The normalized spacial score (nSPS) is 10.3. The summed E-state index contributed by atoms with van der Waals surface area (Å²) in [5.74, 6) is 1.76. The Kier molecular flexibility index (Phi) is 5.85. The molecule has 0 saturated carbocycles. The van der Waals surface area contributed by atoms with Gasteiger partial charge in [-0.15, -0.1) is 0 Å². The van der Waals surface area contributed by atoms with Crippen molar-refractivity contribution in [1.29, 1.82) is 0 Å². The third kappa shape index (κ3) is 4.26. The zero-order valence-electron chi connectivity index (χ0n) is 12.8. The summed E-state index contributed by atoms with van der Waals surface area (Å²) < 4.78 is 15.6. The van der Waals surface area contributed by atoms with Crippen LogP contribution in [0.5, 0.6) is 11.5 Å². The minimum atomic E-state index is -0.197. The first-order chi connectivity index (χ1) is 10.7. The summed E-state index contributed by atoms with van der Waals surface area (Å²) in [5.41, 5.74) is 1.05. The number of nitrogens with one attached hydrogen (secondary N) is 1. The first-order valence-electron chi connectivity index (χ1n) is 7.09. The molecule has 0 fully saturated rings. The van der Waals surface area contributed by atoms with Gasteiger partial charge in [0.25, 0.3) is 5.91 Å². The first kappa shape index (κ1) is 15.9. The molecule has 0 bridgehead atoms. The topological polar surface area (TPSA) is 77.3 Å². The molecule has 1 heterocycles. The lowest BCUT2D eigenvalue weighted by molar-refractivity contribution is -0.668. The van der Waals surface area contributed by atoms with Crippen molar-refractivity contribution in [3.05, 3.63) is 47.9 Å². The van der Waals surface area contributed by atoms with Gasteiger partial charge in [0, 0.05) is 0 Å². The van der Waals surface area contributed by atoms with E-state index in [0.717, 1.165) is 30.2 Å². The maximum absolute atomic E-state index is 11.7. The summed E-state index contributed by atoms with van der Waals surface area (Å²) in [6.07, 6.45) is 1.48. The second kappa shape index (κ2) is 8.09. The van der Waals surface area contributed by atoms with Crippen LogP contribution in [-0.2, 0) is 6.54 Å². The van der Waals surface area contributed by atoms with Crippen molar-refractivity contribution in [2.24, 2.45) is 0 Å². The number of hydrogen-bond donors (Lipinski definition) is 2. The van der Waals surface area contributed by atoms with Crippen molar-refractivity contribution in [1.82, 2.24) is 5.32 Å². The third-order valence-electron chi connectivity index (χ3n) is 3.23. The number of methoxy groups -OCH3 is 2. The quantitative estimate of drug-likeness (QED) is 0.707. The average Bonchev–Trinajstić information content (AvgIpc) is 3.08. The molecular formula is C16H21N2O4+. The van der Waals surface area contributed by atoms with Gasteiger partial charge in [-0.1, -0.05) is 0 Å². The van der Waals surface area contributed by atoms with Crippen molar-refractivity contribution in [3.8, 4) is 11.5 Å². The Morgan fingerprint density at radius 2 is 2.14 bits per heavy atom. The molecule has 1 aromatic carbocycles. The van der Waals surface area contributed by atoms with E-state index in [1.807, 2.05) is 18.2 Å². The van der Waals surface area contributed by atoms with E-state index in [9.17, 15) is 4.79 Å². The Hall–Kier alpha value is -2.47. The number of carbonyl (C=O) groups excluding carboxylic acids is 1. The van der Waals surface area contributed by atoms with E-state index in [4.69, 9.17) is 13.9 Å². The van der Waals surface area contributed by atoms with Crippen LogP contribution < -0.4 is 20.1 Å². The van der Waals surface area contributed by atoms with E-state index in [1.165, 1.54) is 6.26 Å². The zero-order valence-corrected chi connectivity index (χ0v) is 12.8. The molecule has 3 N–H and O–H groups in total. The van der Waals surface area contributed by atoms with Gasteiger partial charge in [0.2, 0.25) is 0 Å². The molecule has 0 radical (unpaired) electrons. The molecule has 0 saturated heterocycles. The largest absolute Gasteiger partial charge is 0.497 e. The van der Waals surface area contributed by atoms with Crippen molar-refractivity contribution in [3.63, 3.8) is 0 Å². The highest BCUT2D eigenvalue weighted by atomic mass is 16.5. The van der Waals surface area contributed by atoms with Crippen LogP contribution in [0.25, 0.3) is 0 Å². The number of amides is 1. The number of hydrogen-bond acceptors (Lipinski definition) is 4. The van der Waals surface area contributed by atoms with Crippen LogP contribution in [0, 0.1) is 0 Å². The van der Waals surface area contributed by atoms with Crippen LogP contribution in [0.4, 0.5) is 0 Å². The predicted molar refractivity (Wildman–Crippen MR) is 81.1 cm³/mol. The van der Waals surface area contributed by atoms with Gasteiger partial charge < -0.3 is 24.5 Å². The van der Waals surface area contributed by atoms with Gasteiger partial charge >= 0.3 is 0 Å². The number of nitrogens with two attached hydrogens (primary N) is 1. The maximum atomic E-state index is 11.7. The summed E-state index contributed by atoms with van der Waals surface area (Å²) >= 11 is 0. The number of benzene rings is 1. The maximum Gasteiger partial charge on any atom is 0.287 e. The lowest BCUT2D eigenvalue weighted by Crippen LogP contribution is -2.84. The second-order valence-corrected chi connectivity index (χ2v) is 4.69. The van der Waals surface area contributed by atoms with E-state index in [0.29, 0.717) is 12.3 Å². The van der Waals surface area contributed by atoms with E-state index >= 15 is 0 Å². The molecule has 0 atom stereocenters. The van der Waals surface area contributed by atoms with E-state index in [1.54, 1.807) is 26.4 Å². The molecule has 6 nitrogen and oxygen atoms in total. The Balaban J connectivity index is 1.75. The zero-order chi connectivity index (χ0) is 15.8. The molecule has 1 amide bonds. The molecule has 118 valence electrons. The third-order valence-corrected chi connectivity index (χ3v) is 3.23. The molecule has 0 aliphatic carbocycles. The predicted octanol–water partition coefficient (Wildman–Crippen LogP) is 0.790. The summed E-state index contributed by atoms with van der Waals surface area (Å²) in [5, 5.41) is 4.90. The standard InChI is InChI=1S/C16H20N2O4/c1-20-13-5-6-14(21-2)12(10-13)11-17-7-8-18-16(19)15-4-3-9-22-15/h3-6,9-10,17H,7-8,11H2,1-2H3,(H,18,19)/p+1. The minimum Gasteiger partial charge on any atom is -0.497 e. The molecule has 0 unspecified atom stereocenters. The van der Waals surface area contributed by atoms with Crippen LogP contribution in [0.15, 0.2) is 41.0 Å². The summed E-state index contributed by atoms with van der Waals surface area (Å²) in [6, 6.07) is 9.04. The van der Waals surface area contributed by atoms with Crippen LogP contribution in [0.1, 0.15) is 16.1 Å². The monoisotopic (exact) mass is 305 g/mol. The lowest BCUT2D eigenvalue weighted by Gasteiger charge is -2.09. The number of ether oxygens (including phenoxy) is 2. The van der Waals surface area contributed by atoms with Crippen LogP contribution in [-0.4, -0.2) is 33.2 Å². The number of carbonyl (C=O) groups is 1. The highest BCUT2D eigenvalue weighted by molar-refractivity contribution is 5.91. The van der Waals surface area contributed by atoms with Gasteiger partial charge in [-0.2, -0.15) is 0 Å². The number of quaternary nitrogens is 1. The van der Waals surface area contributed by atoms with E-state index in [-0.39, 0.29) is 5.91 Å². The van der Waals surface area contributed by atoms with Gasteiger partial charge in [0.1, 0.15) is 18.0 Å². The van der Waals surface area contributed by atoms with Gasteiger partial charge in [-0.05, 0) is 30.3 Å². The Morgan fingerprint density at radius 1 is 1.27 bits per heavy atom. The van der Waals surface area contributed by atoms with Gasteiger partial charge in [-0.3, -0.25) is 4.79 Å². The van der Waals surface area contributed by atoms with Crippen LogP contribution in [0.3, 0.4) is 0 Å².